The Morgan fingerprint density at radius 3 is 2.87 bits per heavy atom. The summed E-state index contributed by atoms with van der Waals surface area (Å²) in [5.41, 5.74) is 1.48. The summed E-state index contributed by atoms with van der Waals surface area (Å²) in [7, 11) is 1.65. The lowest BCUT2D eigenvalue weighted by Gasteiger charge is -2.25. The van der Waals surface area contributed by atoms with Gasteiger partial charge in [0.25, 0.3) is 0 Å². The molecule has 0 amide bonds. The van der Waals surface area contributed by atoms with Crippen LogP contribution < -0.4 is 10.4 Å². The van der Waals surface area contributed by atoms with Crippen LogP contribution in [0.4, 0.5) is 0 Å². The van der Waals surface area contributed by atoms with Crippen molar-refractivity contribution in [1.82, 2.24) is 24.1 Å². The number of methoxy groups -OCH3 is 1. The van der Waals surface area contributed by atoms with Crippen LogP contribution in [0.2, 0.25) is 0 Å². The first-order valence-electron chi connectivity index (χ1n) is 10.0. The van der Waals surface area contributed by atoms with Crippen molar-refractivity contribution in [2.75, 3.05) is 20.3 Å². The van der Waals surface area contributed by atoms with Crippen LogP contribution in [0.1, 0.15) is 16.9 Å². The molecule has 2 aliphatic heterocycles. The first-order valence-corrected chi connectivity index (χ1v) is 10.8. The van der Waals surface area contributed by atoms with E-state index in [1.807, 2.05) is 24.3 Å². The Morgan fingerprint density at radius 1 is 1.27 bits per heavy atom. The maximum Gasteiger partial charge on any atom is 0.352 e. The zero-order valence-electron chi connectivity index (χ0n) is 16.5. The molecule has 2 atom stereocenters. The average Bonchev–Trinajstić information content (AvgIpc) is 3.54. The summed E-state index contributed by atoms with van der Waals surface area (Å²) in [5, 5.41) is 5.14. The summed E-state index contributed by atoms with van der Waals surface area (Å²) in [6.45, 7) is 3.16. The van der Waals surface area contributed by atoms with Crippen LogP contribution >= 0.6 is 11.3 Å². The predicted molar refractivity (Wildman–Crippen MR) is 113 cm³/mol. The number of aromatic nitrogens is 4. The summed E-state index contributed by atoms with van der Waals surface area (Å²) >= 11 is 1.67. The van der Waals surface area contributed by atoms with Gasteiger partial charge in [0.05, 0.1) is 31.8 Å². The molecule has 6 rings (SSSR count). The molecule has 2 unspecified atom stereocenters. The number of hydrogen-bond acceptors (Lipinski definition) is 7. The van der Waals surface area contributed by atoms with Crippen molar-refractivity contribution in [2.24, 2.45) is 0 Å². The topological polar surface area (TPSA) is 73.9 Å². The van der Waals surface area contributed by atoms with Gasteiger partial charge in [-0.3, -0.25) is 9.47 Å². The molecule has 154 valence electrons. The molecule has 0 saturated carbocycles. The molecule has 1 aromatic carbocycles. The molecular weight excluding hydrogens is 402 g/mol. The molecule has 0 N–H and O–H groups in total. The predicted octanol–water partition coefficient (Wildman–Crippen LogP) is 2.14. The number of rotatable bonds is 5. The van der Waals surface area contributed by atoms with E-state index in [-0.39, 0.29) is 5.69 Å². The highest BCUT2D eigenvalue weighted by Crippen LogP contribution is 2.33. The van der Waals surface area contributed by atoms with E-state index >= 15 is 0 Å². The Hall–Kier alpha value is -2.75. The Balaban J connectivity index is 1.42. The molecule has 3 aromatic heterocycles. The standard InChI is InChI=1S/C21H21N5O3S/c1-28-15-4-2-13(3-5-15)8-25-20-18(19-22-12-23-26(19)21(25)27)7-17(30-20)10-24-9-16-6-14(24)11-29-16/h2-5,7,12,14,16H,6,8-11H2,1H3. The number of nitrogens with zero attached hydrogens (tertiary/aromatic N) is 5. The van der Waals surface area contributed by atoms with Gasteiger partial charge in [0, 0.05) is 24.0 Å². The lowest BCUT2D eigenvalue weighted by molar-refractivity contribution is 0.0277. The molecule has 9 heteroatoms. The number of fused-ring (bicyclic) bond motifs is 5. The van der Waals surface area contributed by atoms with Crippen molar-refractivity contribution >= 4 is 27.2 Å². The maximum atomic E-state index is 13.2. The van der Waals surface area contributed by atoms with Crippen molar-refractivity contribution in [3.8, 4) is 5.75 Å². The highest BCUT2D eigenvalue weighted by Gasteiger charge is 2.38. The molecule has 0 spiro atoms. The van der Waals surface area contributed by atoms with Gasteiger partial charge in [-0.25, -0.2) is 9.78 Å². The normalized spacial score (nSPS) is 21.2. The average molecular weight is 423 g/mol. The van der Waals surface area contributed by atoms with E-state index in [1.165, 1.54) is 15.7 Å². The van der Waals surface area contributed by atoms with Gasteiger partial charge in [0.2, 0.25) is 0 Å². The molecule has 0 radical (unpaired) electrons. The lowest BCUT2D eigenvalue weighted by Crippen LogP contribution is -2.36. The summed E-state index contributed by atoms with van der Waals surface area (Å²) in [6.07, 6.45) is 2.95. The molecule has 5 heterocycles. The molecule has 2 bridgehead atoms. The van der Waals surface area contributed by atoms with Gasteiger partial charge in [-0.1, -0.05) is 12.1 Å². The zero-order valence-corrected chi connectivity index (χ0v) is 17.3. The van der Waals surface area contributed by atoms with Gasteiger partial charge in [-0.2, -0.15) is 9.61 Å². The molecule has 2 aliphatic rings. The second kappa shape index (κ2) is 6.90. The molecule has 30 heavy (non-hydrogen) atoms. The summed E-state index contributed by atoms with van der Waals surface area (Å²) in [4.78, 5) is 22.2. The van der Waals surface area contributed by atoms with Crippen molar-refractivity contribution in [3.63, 3.8) is 0 Å². The fourth-order valence-electron chi connectivity index (χ4n) is 4.56. The quantitative estimate of drug-likeness (QED) is 0.490. The largest absolute Gasteiger partial charge is 0.497 e. The summed E-state index contributed by atoms with van der Waals surface area (Å²) < 4.78 is 14.2. The van der Waals surface area contributed by atoms with Gasteiger partial charge in [0.1, 0.15) is 16.9 Å². The van der Waals surface area contributed by atoms with Gasteiger partial charge in [-0.05, 0) is 30.2 Å². The first kappa shape index (κ1) is 18.1. The second-order valence-corrected chi connectivity index (χ2v) is 9.03. The van der Waals surface area contributed by atoms with E-state index in [9.17, 15) is 4.79 Å². The number of thiophene rings is 1. The minimum atomic E-state index is -0.173. The van der Waals surface area contributed by atoms with E-state index in [0.717, 1.165) is 47.6 Å². The molecule has 4 aromatic rings. The molecule has 2 fully saturated rings. The SMILES string of the molecule is COc1ccc(Cn2c(=O)n3ncnc3c3cc(CN4CC5CC4CO5)sc32)cc1. The third-order valence-electron chi connectivity index (χ3n) is 6.08. The first-order chi connectivity index (χ1) is 14.7. The van der Waals surface area contributed by atoms with Crippen molar-refractivity contribution < 1.29 is 9.47 Å². The van der Waals surface area contributed by atoms with Crippen LogP contribution in [0.3, 0.4) is 0 Å². The second-order valence-electron chi connectivity index (χ2n) is 7.92. The number of morpholine rings is 1. The van der Waals surface area contributed by atoms with Gasteiger partial charge >= 0.3 is 5.69 Å². The van der Waals surface area contributed by atoms with E-state index in [4.69, 9.17) is 9.47 Å². The van der Waals surface area contributed by atoms with Crippen LogP contribution in [0.15, 0.2) is 41.5 Å². The highest BCUT2D eigenvalue weighted by molar-refractivity contribution is 7.18. The van der Waals surface area contributed by atoms with E-state index < -0.39 is 0 Å². The minimum Gasteiger partial charge on any atom is -0.497 e. The highest BCUT2D eigenvalue weighted by atomic mass is 32.1. The van der Waals surface area contributed by atoms with E-state index in [0.29, 0.717) is 24.3 Å². The number of ether oxygens (including phenoxy) is 2. The smallest absolute Gasteiger partial charge is 0.352 e. The van der Waals surface area contributed by atoms with Crippen LogP contribution in [0, 0.1) is 0 Å². The van der Waals surface area contributed by atoms with Crippen molar-refractivity contribution in [3.05, 3.63) is 57.6 Å². The summed E-state index contributed by atoms with van der Waals surface area (Å²) in [6, 6.07) is 10.5. The Labute approximate surface area is 176 Å². The Bertz CT molecular complexity index is 1290. The molecule has 2 saturated heterocycles. The maximum absolute atomic E-state index is 13.2. The minimum absolute atomic E-state index is 0.173. The Morgan fingerprint density at radius 2 is 2.13 bits per heavy atom. The third-order valence-corrected chi connectivity index (χ3v) is 7.22. The monoisotopic (exact) mass is 423 g/mol. The van der Waals surface area contributed by atoms with Crippen molar-refractivity contribution in [1.29, 1.82) is 0 Å². The Kier molecular flexibility index (Phi) is 4.15. The van der Waals surface area contributed by atoms with Gasteiger partial charge < -0.3 is 9.47 Å². The van der Waals surface area contributed by atoms with Crippen LogP contribution in [0.25, 0.3) is 15.9 Å². The molecule has 0 aliphatic carbocycles. The number of benzene rings is 1. The van der Waals surface area contributed by atoms with Crippen LogP contribution in [-0.4, -0.2) is 56.5 Å². The van der Waals surface area contributed by atoms with Gasteiger partial charge in [-0.15, -0.1) is 11.3 Å². The zero-order chi connectivity index (χ0) is 20.2. The molecular formula is C21H21N5O3S. The van der Waals surface area contributed by atoms with Crippen LogP contribution in [0.5, 0.6) is 5.75 Å². The number of hydrogen-bond donors (Lipinski definition) is 0. The fourth-order valence-corrected chi connectivity index (χ4v) is 5.73. The van der Waals surface area contributed by atoms with E-state index in [2.05, 4.69) is 21.0 Å². The fraction of sp³-hybridized carbons (Fsp3) is 0.381. The van der Waals surface area contributed by atoms with Gasteiger partial charge in [0.15, 0.2) is 5.65 Å². The summed E-state index contributed by atoms with van der Waals surface area (Å²) in [5.74, 6) is 0.797. The van der Waals surface area contributed by atoms with E-state index in [1.54, 1.807) is 23.0 Å². The lowest BCUT2D eigenvalue weighted by atomic mass is 10.2. The molecule has 8 nitrogen and oxygen atoms in total. The van der Waals surface area contributed by atoms with Crippen LogP contribution in [-0.2, 0) is 17.8 Å². The van der Waals surface area contributed by atoms with Crippen molar-refractivity contribution in [2.45, 2.75) is 31.7 Å². The third kappa shape index (κ3) is 2.84. The number of likely N-dealkylation sites (tertiary alicyclic amines) is 1.